The molecule has 2 atom stereocenters. The molecule has 0 bridgehead atoms. The Hall–Kier alpha value is -2.37. The highest BCUT2D eigenvalue weighted by Crippen LogP contribution is 2.25. The predicted octanol–water partition coefficient (Wildman–Crippen LogP) is 3.96. The van der Waals surface area contributed by atoms with Crippen molar-refractivity contribution in [2.45, 2.75) is 33.0 Å². The maximum Gasteiger partial charge on any atom is 0.281 e. The van der Waals surface area contributed by atoms with Crippen LogP contribution in [-0.2, 0) is 4.74 Å². The SMILES string of the molecule is Cc1cn(-c2ccc(N3C[C@@H](C)O[C@@H](C)C3)cc2)c(=O)c2nccc(Cl)c12. The van der Waals surface area contributed by atoms with Gasteiger partial charge in [0.1, 0.15) is 5.52 Å². The molecule has 0 amide bonds. The molecular formula is C21H22ClN3O2. The smallest absolute Gasteiger partial charge is 0.281 e. The lowest BCUT2D eigenvalue weighted by Gasteiger charge is -2.36. The van der Waals surface area contributed by atoms with Crippen molar-refractivity contribution in [3.05, 3.63) is 63.7 Å². The van der Waals surface area contributed by atoms with Gasteiger partial charge in [0.05, 0.1) is 17.2 Å². The molecule has 1 fully saturated rings. The monoisotopic (exact) mass is 383 g/mol. The quantitative estimate of drug-likeness (QED) is 0.672. The van der Waals surface area contributed by atoms with E-state index in [-0.39, 0.29) is 17.8 Å². The van der Waals surface area contributed by atoms with Crippen molar-refractivity contribution in [3.63, 3.8) is 0 Å². The van der Waals surface area contributed by atoms with Gasteiger partial charge in [-0.2, -0.15) is 0 Å². The van der Waals surface area contributed by atoms with E-state index in [0.29, 0.717) is 15.9 Å². The molecule has 0 saturated carbocycles. The number of hydrogen-bond donors (Lipinski definition) is 0. The van der Waals surface area contributed by atoms with E-state index < -0.39 is 0 Å². The zero-order chi connectivity index (χ0) is 19.1. The van der Waals surface area contributed by atoms with Crippen LogP contribution in [-0.4, -0.2) is 34.8 Å². The molecule has 0 spiro atoms. The number of nitrogens with zero attached hydrogens (tertiary/aromatic N) is 3. The number of anilines is 1. The molecule has 0 N–H and O–H groups in total. The maximum absolute atomic E-state index is 12.9. The Morgan fingerprint density at radius 3 is 2.37 bits per heavy atom. The third-order valence-electron chi connectivity index (χ3n) is 4.95. The lowest BCUT2D eigenvalue weighted by molar-refractivity contribution is -0.00521. The van der Waals surface area contributed by atoms with Crippen LogP contribution < -0.4 is 10.5 Å². The molecular weight excluding hydrogens is 362 g/mol. The van der Waals surface area contributed by atoms with Crippen LogP contribution in [0.15, 0.2) is 47.5 Å². The molecule has 1 aliphatic heterocycles. The summed E-state index contributed by atoms with van der Waals surface area (Å²) in [6, 6.07) is 9.75. The fourth-order valence-corrected chi connectivity index (χ4v) is 4.11. The number of benzene rings is 1. The molecule has 1 aliphatic rings. The van der Waals surface area contributed by atoms with Gasteiger partial charge in [0.15, 0.2) is 0 Å². The van der Waals surface area contributed by atoms with Gasteiger partial charge in [-0.05, 0) is 56.7 Å². The molecule has 3 heterocycles. The number of aryl methyl sites for hydroxylation is 1. The first kappa shape index (κ1) is 18.0. The molecule has 0 aliphatic carbocycles. The molecule has 1 aromatic carbocycles. The topological polar surface area (TPSA) is 47.4 Å². The Balaban J connectivity index is 1.73. The lowest BCUT2D eigenvalue weighted by atomic mass is 10.1. The van der Waals surface area contributed by atoms with Gasteiger partial charge < -0.3 is 9.64 Å². The number of morpholine rings is 1. The van der Waals surface area contributed by atoms with E-state index in [1.807, 2.05) is 25.3 Å². The van der Waals surface area contributed by atoms with Crippen molar-refractivity contribution >= 4 is 28.2 Å². The maximum atomic E-state index is 12.9. The molecule has 140 valence electrons. The summed E-state index contributed by atoms with van der Waals surface area (Å²) in [7, 11) is 0. The third kappa shape index (κ3) is 3.33. The van der Waals surface area contributed by atoms with E-state index in [1.165, 1.54) is 0 Å². The third-order valence-corrected chi connectivity index (χ3v) is 5.27. The summed E-state index contributed by atoms with van der Waals surface area (Å²) in [6.07, 6.45) is 3.80. The van der Waals surface area contributed by atoms with Gasteiger partial charge in [-0.25, -0.2) is 0 Å². The number of halogens is 1. The van der Waals surface area contributed by atoms with Crippen molar-refractivity contribution in [2.75, 3.05) is 18.0 Å². The molecule has 1 saturated heterocycles. The van der Waals surface area contributed by atoms with E-state index >= 15 is 0 Å². The second-order valence-corrected chi connectivity index (χ2v) is 7.59. The molecule has 5 nitrogen and oxygen atoms in total. The van der Waals surface area contributed by atoms with E-state index in [0.717, 1.165) is 30.0 Å². The highest BCUT2D eigenvalue weighted by Gasteiger charge is 2.22. The molecule has 3 aromatic rings. The van der Waals surface area contributed by atoms with Gasteiger partial charge in [0.25, 0.3) is 5.56 Å². The molecule has 0 unspecified atom stereocenters. The summed E-state index contributed by atoms with van der Waals surface area (Å²) in [6.45, 7) is 7.85. The first-order valence-corrected chi connectivity index (χ1v) is 9.49. The Morgan fingerprint density at radius 1 is 1.07 bits per heavy atom. The van der Waals surface area contributed by atoms with Crippen LogP contribution in [0.1, 0.15) is 19.4 Å². The van der Waals surface area contributed by atoms with Crippen molar-refractivity contribution in [3.8, 4) is 5.69 Å². The number of hydrogen-bond acceptors (Lipinski definition) is 4. The lowest BCUT2D eigenvalue weighted by Crippen LogP contribution is -2.45. The summed E-state index contributed by atoms with van der Waals surface area (Å²) >= 11 is 6.26. The Bertz CT molecular complexity index is 1040. The number of ether oxygens (including phenoxy) is 1. The van der Waals surface area contributed by atoms with Crippen LogP contribution in [0.5, 0.6) is 0 Å². The van der Waals surface area contributed by atoms with Gasteiger partial charge in [-0.1, -0.05) is 11.6 Å². The molecule has 2 aromatic heterocycles. The average molecular weight is 384 g/mol. The van der Waals surface area contributed by atoms with Crippen molar-refractivity contribution in [1.82, 2.24) is 9.55 Å². The van der Waals surface area contributed by atoms with Crippen molar-refractivity contribution in [1.29, 1.82) is 0 Å². The number of pyridine rings is 2. The van der Waals surface area contributed by atoms with Crippen LogP contribution in [0.25, 0.3) is 16.6 Å². The second kappa shape index (κ2) is 6.98. The molecule has 0 radical (unpaired) electrons. The zero-order valence-electron chi connectivity index (χ0n) is 15.6. The highest BCUT2D eigenvalue weighted by atomic mass is 35.5. The first-order chi connectivity index (χ1) is 12.9. The fourth-order valence-electron chi connectivity index (χ4n) is 3.81. The van der Waals surface area contributed by atoms with Crippen LogP contribution in [0, 0.1) is 6.92 Å². The van der Waals surface area contributed by atoms with Crippen LogP contribution in [0.2, 0.25) is 5.02 Å². The van der Waals surface area contributed by atoms with Crippen LogP contribution >= 0.6 is 11.6 Å². The van der Waals surface area contributed by atoms with Crippen molar-refractivity contribution < 1.29 is 4.74 Å². The number of aromatic nitrogens is 2. The van der Waals surface area contributed by atoms with Crippen LogP contribution in [0.4, 0.5) is 5.69 Å². The van der Waals surface area contributed by atoms with Gasteiger partial charge in [-0.15, -0.1) is 0 Å². The number of rotatable bonds is 2. The highest BCUT2D eigenvalue weighted by molar-refractivity contribution is 6.35. The summed E-state index contributed by atoms with van der Waals surface area (Å²) in [5, 5.41) is 1.26. The van der Waals surface area contributed by atoms with E-state index in [2.05, 4.69) is 35.9 Å². The summed E-state index contributed by atoms with van der Waals surface area (Å²) in [4.78, 5) is 19.5. The van der Waals surface area contributed by atoms with Gasteiger partial charge >= 0.3 is 0 Å². The average Bonchev–Trinajstić information content (AvgIpc) is 2.64. The predicted molar refractivity (Wildman–Crippen MR) is 109 cm³/mol. The standard InChI is InChI=1S/C21H22ClN3O2/c1-13-10-25(21(26)20-19(13)18(22)8-9-23-20)17-6-4-16(5-7-17)24-11-14(2)27-15(3)12-24/h4-10,14-15H,11-12H2,1-3H3/t14-,15+. The van der Waals surface area contributed by atoms with Gasteiger partial charge in [0, 0.05) is 42.2 Å². The van der Waals surface area contributed by atoms with Gasteiger partial charge in [0.2, 0.25) is 0 Å². The Kier molecular flexibility index (Phi) is 4.66. The number of fused-ring (bicyclic) bond motifs is 1. The minimum absolute atomic E-state index is 0.167. The summed E-state index contributed by atoms with van der Waals surface area (Å²) < 4.78 is 7.44. The fraction of sp³-hybridized carbons (Fsp3) is 0.333. The summed E-state index contributed by atoms with van der Waals surface area (Å²) in [5.74, 6) is 0. The summed E-state index contributed by atoms with van der Waals surface area (Å²) in [5.41, 5.74) is 3.09. The molecule has 27 heavy (non-hydrogen) atoms. The van der Waals surface area contributed by atoms with Gasteiger partial charge in [-0.3, -0.25) is 14.3 Å². The Labute approximate surface area is 163 Å². The Morgan fingerprint density at radius 2 is 1.70 bits per heavy atom. The largest absolute Gasteiger partial charge is 0.372 e. The zero-order valence-corrected chi connectivity index (χ0v) is 16.4. The van der Waals surface area contributed by atoms with E-state index in [9.17, 15) is 4.79 Å². The van der Waals surface area contributed by atoms with E-state index in [4.69, 9.17) is 16.3 Å². The van der Waals surface area contributed by atoms with Crippen molar-refractivity contribution in [2.24, 2.45) is 0 Å². The molecule has 6 heteroatoms. The van der Waals surface area contributed by atoms with E-state index in [1.54, 1.807) is 16.8 Å². The first-order valence-electron chi connectivity index (χ1n) is 9.11. The normalized spacial score (nSPS) is 20.2. The second-order valence-electron chi connectivity index (χ2n) is 7.18. The minimum Gasteiger partial charge on any atom is -0.372 e. The molecule has 4 rings (SSSR count). The minimum atomic E-state index is -0.167. The van der Waals surface area contributed by atoms with Crippen LogP contribution in [0.3, 0.4) is 0 Å².